The van der Waals surface area contributed by atoms with E-state index in [1.807, 2.05) is 31.2 Å². The molecule has 0 bridgehead atoms. The molecule has 1 amide bonds. The molecule has 1 aliphatic heterocycles. The van der Waals surface area contributed by atoms with Gasteiger partial charge >= 0.3 is 5.97 Å². The summed E-state index contributed by atoms with van der Waals surface area (Å²) in [6.45, 7) is 4.20. The summed E-state index contributed by atoms with van der Waals surface area (Å²) in [6.07, 6.45) is 5.15. The Morgan fingerprint density at radius 3 is 2.68 bits per heavy atom. The molecule has 2 unspecified atom stereocenters. The normalized spacial score (nSPS) is 20.8. The van der Waals surface area contributed by atoms with E-state index in [9.17, 15) is 9.59 Å². The third-order valence-corrected chi connectivity index (χ3v) is 3.63. The number of amides is 1. The van der Waals surface area contributed by atoms with Gasteiger partial charge in [-0.05, 0) is 19.4 Å². The van der Waals surface area contributed by atoms with Gasteiger partial charge in [0.05, 0.1) is 13.2 Å². The lowest BCUT2D eigenvalue weighted by Crippen LogP contribution is -2.32. The molecule has 1 aromatic rings. The maximum atomic E-state index is 12.4. The summed E-state index contributed by atoms with van der Waals surface area (Å²) in [6, 6.07) is 7.74. The molecule has 0 radical (unpaired) electrons. The van der Waals surface area contributed by atoms with Crippen molar-refractivity contribution in [2.45, 2.75) is 19.8 Å². The smallest absolute Gasteiger partial charge is 0.319 e. The van der Waals surface area contributed by atoms with Gasteiger partial charge in [-0.25, -0.2) is 5.06 Å². The van der Waals surface area contributed by atoms with Gasteiger partial charge in [0.25, 0.3) is 5.91 Å². The highest BCUT2D eigenvalue weighted by molar-refractivity contribution is 6.00. The highest BCUT2D eigenvalue weighted by Gasteiger charge is 2.47. The van der Waals surface area contributed by atoms with E-state index in [1.54, 1.807) is 6.92 Å². The Morgan fingerprint density at radius 2 is 2.09 bits per heavy atom. The molecule has 1 saturated heterocycles. The van der Waals surface area contributed by atoms with Crippen LogP contribution in [0.1, 0.15) is 24.0 Å². The van der Waals surface area contributed by atoms with E-state index in [0.29, 0.717) is 0 Å². The summed E-state index contributed by atoms with van der Waals surface area (Å²) >= 11 is 0. The Morgan fingerprint density at radius 1 is 1.41 bits per heavy atom. The predicted molar refractivity (Wildman–Crippen MR) is 80.5 cm³/mol. The van der Waals surface area contributed by atoms with Crippen LogP contribution in [-0.2, 0) is 19.2 Å². The highest BCUT2D eigenvalue weighted by atomic mass is 16.7. The van der Waals surface area contributed by atoms with Gasteiger partial charge in [-0.3, -0.25) is 14.4 Å². The number of esters is 1. The van der Waals surface area contributed by atoms with E-state index in [4.69, 9.17) is 16.0 Å². The van der Waals surface area contributed by atoms with Crippen LogP contribution in [0.4, 0.5) is 0 Å². The fourth-order valence-electron chi connectivity index (χ4n) is 2.54. The van der Waals surface area contributed by atoms with Crippen LogP contribution < -0.4 is 0 Å². The SMILES string of the molecule is C#CCON1CC(c2ccc(C)cc2)C(C(=O)OCC)C1=O. The summed E-state index contributed by atoms with van der Waals surface area (Å²) in [5.41, 5.74) is 2.02. The molecule has 1 aromatic carbocycles. The van der Waals surface area contributed by atoms with Crippen molar-refractivity contribution >= 4 is 11.9 Å². The van der Waals surface area contributed by atoms with Crippen LogP contribution in [0.2, 0.25) is 0 Å². The second-order valence-corrected chi connectivity index (χ2v) is 5.12. The molecular formula is C17H19NO4. The Labute approximate surface area is 130 Å². The van der Waals surface area contributed by atoms with E-state index in [-0.39, 0.29) is 25.7 Å². The zero-order valence-corrected chi connectivity index (χ0v) is 12.7. The largest absolute Gasteiger partial charge is 0.465 e. The predicted octanol–water partition coefficient (Wildman–Crippen LogP) is 1.66. The molecule has 0 aromatic heterocycles. The second kappa shape index (κ2) is 7.10. The van der Waals surface area contributed by atoms with E-state index >= 15 is 0 Å². The highest BCUT2D eigenvalue weighted by Crippen LogP contribution is 2.34. The number of hydrogen-bond donors (Lipinski definition) is 0. The molecule has 2 rings (SSSR count). The number of nitrogens with zero attached hydrogens (tertiary/aromatic N) is 1. The van der Waals surface area contributed by atoms with E-state index in [1.165, 1.54) is 5.06 Å². The van der Waals surface area contributed by atoms with E-state index < -0.39 is 17.8 Å². The molecule has 1 aliphatic rings. The first kappa shape index (κ1) is 16.1. The maximum Gasteiger partial charge on any atom is 0.319 e. The zero-order chi connectivity index (χ0) is 16.1. The van der Waals surface area contributed by atoms with Crippen molar-refractivity contribution in [3.05, 3.63) is 35.4 Å². The van der Waals surface area contributed by atoms with Crippen LogP contribution in [0, 0.1) is 25.2 Å². The van der Waals surface area contributed by atoms with Gasteiger partial charge in [0.1, 0.15) is 12.5 Å². The van der Waals surface area contributed by atoms with E-state index in [2.05, 4.69) is 5.92 Å². The van der Waals surface area contributed by atoms with Gasteiger partial charge in [-0.1, -0.05) is 35.7 Å². The maximum absolute atomic E-state index is 12.4. The molecule has 2 atom stereocenters. The third kappa shape index (κ3) is 3.29. The fourth-order valence-corrected chi connectivity index (χ4v) is 2.54. The van der Waals surface area contributed by atoms with Crippen LogP contribution >= 0.6 is 0 Å². The van der Waals surface area contributed by atoms with Gasteiger partial charge in [0, 0.05) is 5.92 Å². The quantitative estimate of drug-likeness (QED) is 0.471. The van der Waals surface area contributed by atoms with Crippen molar-refractivity contribution in [3.63, 3.8) is 0 Å². The van der Waals surface area contributed by atoms with Crippen molar-refractivity contribution in [2.24, 2.45) is 5.92 Å². The van der Waals surface area contributed by atoms with Crippen LogP contribution in [0.25, 0.3) is 0 Å². The summed E-state index contributed by atoms with van der Waals surface area (Å²) < 4.78 is 5.04. The van der Waals surface area contributed by atoms with Crippen LogP contribution in [0.15, 0.2) is 24.3 Å². The fraction of sp³-hybridized carbons (Fsp3) is 0.412. The lowest BCUT2D eigenvalue weighted by molar-refractivity contribution is -0.177. The van der Waals surface area contributed by atoms with Crippen molar-refractivity contribution < 1.29 is 19.2 Å². The molecule has 5 nitrogen and oxygen atoms in total. The van der Waals surface area contributed by atoms with Crippen LogP contribution in [0.5, 0.6) is 0 Å². The minimum Gasteiger partial charge on any atom is -0.465 e. The number of carbonyl (C=O) groups excluding carboxylic acids is 2. The van der Waals surface area contributed by atoms with Crippen molar-refractivity contribution in [2.75, 3.05) is 19.8 Å². The average molecular weight is 301 g/mol. The topological polar surface area (TPSA) is 55.8 Å². The number of carbonyl (C=O) groups is 2. The Hall–Kier alpha value is -2.32. The lowest BCUT2D eigenvalue weighted by atomic mass is 9.88. The monoisotopic (exact) mass is 301 g/mol. The molecule has 5 heteroatoms. The van der Waals surface area contributed by atoms with Crippen molar-refractivity contribution in [3.8, 4) is 12.3 Å². The molecule has 0 aliphatic carbocycles. The molecule has 0 N–H and O–H groups in total. The summed E-state index contributed by atoms with van der Waals surface area (Å²) in [7, 11) is 0. The van der Waals surface area contributed by atoms with Gasteiger partial charge in [0.15, 0.2) is 0 Å². The molecular weight excluding hydrogens is 282 g/mol. The average Bonchev–Trinajstić information content (AvgIpc) is 2.83. The molecule has 0 spiro atoms. The second-order valence-electron chi connectivity index (χ2n) is 5.12. The number of benzene rings is 1. The van der Waals surface area contributed by atoms with E-state index in [0.717, 1.165) is 11.1 Å². The summed E-state index contributed by atoms with van der Waals surface area (Å²) in [5, 5.41) is 1.17. The number of hydroxylamine groups is 2. The number of hydrogen-bond acceptors (Lipinski definition) is 4. The van der Waals surface area contributed by atoms with Gasteiger partial charge < -0.3 is 4.74 Å². The minimum atomic E-state index is -0.888. The molecule has 116 valence electrons. The Bertz CT molecular complexity index is 588. The van der Waals surface area contributed by atoms with Crippen molar-refractivity contribution in [1.29, 1.82) is 0 Å². The van der Waals surface area contributed by atoms with Gasteiger partial charge in [-0.2, -0.15) is 0 Å². The molecule has 1 fully saturated rings. The summed E-state index contributed by atoms with van der Waals surface area (Å²) in [5.74, 6) is 0.198. The molecule has 22 heavy (non-hydrogen) atoms. The first-order chi connectivity index (χ1) is 10.6. The third-order valence-electron chi connectivity index (χ3n) is 3.63. The standard InChI is InChI=1S/C17H19NO4/c1-4-10-22-18-11-14(13-8-6-12(3)7-9-13)15(16(18)19)17(20)21-5-2/h1,6-9,14-15H,5,10-11H2,2-3H3. The molecule has 1 heterocycles. The van der Waals surface area contributed by atoms with Crippen LogP contribution in [-0.4, -0.2) is 36.7 Å². The first-order valence-electron chi connectivity index (χ1n) is 7.19. The lowest BCUT2D eigenvalue weighted by Gasteiger charge is -2.15. The Balaban J connectivity index is 2.27. The Kier molecular flexibility index (Phi) is 5.18. The van der Waals surface area contributed by atoms with Crippen molar-refractivity contribution in [1.82, 2.24) is 5.06 Å². The van der Waals surface area contributed by atoms with Gasteiger partial charge in [-0.15, -0.1) is 6.42 Å². The number of ether oxygens (including phenoxy) is 1. The number of terminal acetylenes is 1. The van der Waals surface area contributed by atoms with Crippen LogP contribution in [0.3, 0.4) is 0 Å². The zero-order valence-electron chi connectivity index (χ0n) is 12.7. The van der Waals surface area contributed by atoms with Gasteiger partial charge in [0.2, 0.25) is 0 Å². The first-order valence-corrected chi connectivity index (χ1v) is 7.19. The number of rotatable bonds is 5. The minimum absolute atomic E-state index is 0.0120. The molecule has 0 saturated carbocycles. The summed E-state index contributed by atoms with van der Waals surface area (Å²) in [4.78, 5) is 29.8. The number of aryl methyl sites for hydroxylation is 1.